The Morgan fingerprint density at radius 2 is 1.29 bits per heavy atom. The van der Waals surface area contributed by atoms with Crippen molar-refractivity contribution in [3.05, 3.63) is 0 Å². The topological polar surface area (TPSA) is 0 Å². The predicted octanol–water partition coefficient (Wildman–Crippen LogP) is 6.10. The van der Waals surface area contributed by atoms with Gasteiger partial charge in [-0.1, -0.05) is 57.0 Å². The van der Waals surface area contributed by atoms with Crippen molar-refractivity contribution in [2.75, 3.05) is 23.0 Å². The maximum Gasteiger partial charge on any atom is 0.128 e. The minimum Gasteiger partial charge on any atom is -0.128 e. The second kappa shape index (κ2) is 7.46. The minimum atomic E-state index is 0.503. The molecule has 2 aliphatic heterocycles. The van der Waals surface area contributed by atoms with E-state index in [1.807, 2.05) is 0 Å². The molecule has 2 saturated heterocycles. The summed E-state index contributed by atoms with van der Waals surface area (Å²) in [5.74, 6) is 5.29. The molecule has 0 aromatic heterocycles. The molecule has 2 unspecified atom stereocenters. The van der Waals surface area contributed by atoms with Crippen LogP contribution in [0, 0.1) is 0 Å². The van der Waals surface area contributed by atoms with Crippen LogP contribution in [0.4, 0.5) is 0 Å². The lowest BCUT2D eigenvalue weighted by Gasteiger charge is -2.18. The van der Waals surface area contributed by atoms with Crippen LogP contribution in [0.3, 0.4) is 0 Å². The first-order valence-electron chi connectivity index (χ1n) is 5.83. The summed E-state index contributed by atoms with van der Waals surface area (Å²) in [5, 5.41) is 0. The van der Waals surface area contributed by atoms with Gasteiger partial charge in [0.25, 0.3) is 0 Å². The van der Waals surface area contributed by atoms with Gasteiger partial charge in [0.1, 0.15) is 6.82 Å². The fourth-order valence-corrected chi connectivity index (χ4v) is 14.3. The molecule has 2 aliphatic rings. The molecule has 0 aromatic rings. The molecule has 2 heterocycles. The molecule has 0 bridgehead atoms. The van der Waals surface area contributed by atoms with Crippen LogP contribution in [0.15, 0.2) is 0 Å². The summed E-state index contributed by atoms with van der Waals surface area (Å²) in [6.07, 6.45) is 2.59. The Kier molecular flexibility index (Phi) is 6.94. The van der Waals surface area contributed by atoms with Crippen LogP contribution in [-0.4, -0.2) is 29.8 Å². The molecule has 2 fully saturated rings. The first-order chi connectivity index (χ1) is 8.24. The molecule has 100 valence electrons. The second-order valence-corrected chi connectivity index (χ2v) is 15.0. The highest BCUT2D eigenvalue weighted by Gasteiger charge is 2.58. The van der Waals surface area contributed by atoms with E-state index < -0.39 is 0 Å². The largest absolute Gasteiger partial charge is 0.128 e. The average molecular weight is 363 g/mol. The molecule has 0 spiro atoms. The lowest BCUT2D eigenvalue weighted by Crippen LogP contribution is -2.05. The van der Waals surface area contributed by atoms with E-state index >= 15 is 0 Å². The van der Waals surface area contributed by atoms with Crippen LogP contribution in [0.1, 0.15) is 26.7 Å². The maximum atomic E-state index is 2.27. The van der Waals surface area contributed by atoms with Gasteiger partial charge in [0, 0.05) is 23.0 Å². The van der Waals surface area contributed by atoms with E-state index in [0.717, 1.165) is 0 Å². The molecule has 0 saturated carbocycles. The van der Waals surface area contributed by atoms with E-state index in [2.05, 4.69) is 92.3 Å². The van der Waals surface area contributed by atoms with Crippen molar-refractivity contribution in [2.45, 2.75) is 33.5 Å². The van der Waals surface area contributed by atoms with Crippen LogP contribution < -0.4 is 0 Å². The molecule has 2 atom stereocenters. The van der Waals surface area contributed by atoms with Gasteiger partial charge >= 0.3 is 0 Å². The molecule has 2 rings (SSSR count). The summed E-state index contributed by atoms with van der Waals surface area (Å²) in [6.45, 7) is 4.53. The van der Waals surface area contributed by atoms with Gasteiger partial charge in [-0.25, -0.2) is 0 Å². The molecule has 0 aromatic carbocycles. The van der Waals surface area contributed by atoms with Gasteiger partial charge in [-0.05, 0) is 12.8 Å². The monoisotopic (exact) mass is 362 g/mol. The van der Waals surface area contributed by atoms with E-state index in [-0.39, 0.29) is 0 Å². The SMILES string of the molecule is CCCSSC1(SC2(SSCCC)CS2)CS1. The molecule has 0 N–H and O–H groups in total. The van der Waals surface area contributed by atoms with E-state index in [1.54, 1.807) is 0 Å². The van der Waals surface area contributed by atoms with E-state index in [0.29, 0.717) is 6.82 Å². The van der Waals surface area contributed by atoms with Gasteiger partial charge in [-0.15, -0.1) is 35.3 Å². The predicted molar refractivity (Wildman–Crippen MR) is 98.6 cm³/mol. The molecule has 17 heavy (non-hydrogen) atoms. The third-order valence-electron chi connectivity index (χ3n) is 2.02. The lowest BCUT2D eigenvalue weighted by atomic mass is 10.6. The van der Waals surface area contributed by atoms with Crippen LogP contribution in [-0.2, 0) is 0 Å². The van der Waals surface area contributed by atoms with E-state index in [9.17, 15) is 0 Å². The number of hydrogen-bond donors (Lipinski definition) is 0. The van der Waals surface area contributed by atoms with Crippen molar-refractivity contribution < 1.29 is 0 Å². The molecular weight excluding hydrogens is 345 g/mol. The summed E-state index contributed by atoms with van der Waals surface area (Å²) >= 11 is 6.52. The second-order valence-electron chi connectivity index (χ2n) is 3.86. The molecule has 0 nitrogen and oxygen atoms in total. The van der Waals surface area contributed by atoms with Crippen LogP contribution in [0.2, 0.25) is 0 Å². The Hall–Kier alpha value is 2.45. The van der Waals surface area contributed by atoms with Crippen molar-refractivity contribution in [1.82, 2.24) is 0 Å². The molecule has 7 heteroatoms. The Morgan fingerprint density at radius 3 is 1.59 bits per heavy atom. The number of thioether (sulfide) groups is 3. The molecule has 0 amide bonds. The quantitative estimate of drug-likeness (QED) is 0.197. The summed E-state index contributed by atoms with van der Waals surface area (Å²) < 4.78 is 1.01. The zero-order valence-corrected chi connectivity index (χ0v) is 15.8. The summed E-state index contributed by atoms with van der Waals surface area (Å²) in [7, 11) is 8.39. The van der Waals surface area contributed by atoms with Crippen molar-refractivity contribution in [3.63, 3.8) is 0 Å². The Labute approximate surface area is 134 Å². The summed E-state index contributed by atoms with van der Waals surface area (Å²) in [4.78, 5) is 0. The van der Waals surface area contributed by atoms with Gasteiger partial charge in [-0.3, -0.25) is 0 Å². The summed E-state index contributed by atoms with van der Waals surface area (Å²) in [5.41, 5.74) is 0. The van der Waals surface area contributed by atoms with Crippen molar-refractivity contribution in [3.8, 4) is 0 Å². The highest BCUT2D eigenvalue weighted by Crippen LogP contribution is 2.76. The highest BCUT2D eigenvalue weighted by molar-refractivity contribution is 8.85. The normalized spacial score (nSPS) is 34.9. The van der Waals surface area contributed by atoms with Crippen LogP contribution >= 0.6 is 78.5 Å². The Bertz CT molecular complexity index is 213. The molecule has 0 radical (unpaired) electrons. The number of hydrogen-bond acceptors (Lipinski definition) is 7. The van der Waals surface area contributed by atoms with Gasteiger partial charge in [0.15, 0.2) is 0 Å². The van der Waals surface area contributed by atoms with Crippen molar-refractivity contribution in [1.29, 1.82) is 0 Å². The first-order valence-corrected chi connectivity index (χ1v) is 13.3. The van der Waals surface area contributed by atoms with E-state index in [4.69, 9.17) is 0 Å². The fourth-order valence-electron chi connectivity index (χ4n) is 1.03. The third kappa shape index (κ3) is 5.38. The number of rotatable bonds is 10. The zero-order valence-electron chi connectivity index (χ0n) is 10.1. The highest BCUT2D eigenvalue weighted by atomic mass is 33.1. The molecule has 0 aliphatic carbocycles. The maximum absolute atomic E-state index is 2.27. The van der Waals surface area contributed by atoms with Gasteiger partial charge in [0.05, 0.1) is 0 Å². The standard InChI is InChI=1S/C10H18S7/c1-3-5-13-16-9(7-11-9)15-10(8-12-10)17-14-6-4-2/h3-8H2,1-2H3. The zero-order chi connectivity index (χ0) is 12.2. The van der Waals surface area contributed by atoms with Gasteiger partial charge in [0.2, 0.25) is 0 Å². The Balaban J connectivity index is 1.68. The van der Waals surface area contributed by atoms with E-state index in [1.165, 1.54) is 35.9 Å². The van der Waals surface area contributed by atoms with Crippen molar-refractivity contribution in [2.24, 2.45) is 0 Å². The first kappa shape index (κ1) is 15.8. The minimum absolute atomic E-state index is 0.503. The fraction of sp³-hybridized carbons (Fsp3) is 1.00. The summed E-state index contributed by atoms with van der Waals surface area (Å²) in [6, 6.07) is 0. The third-order valence-corrected chi connectivity index (χ3v) is 15.6. The molecular formula is C10H18S7. The lowest BCUT2D eigenvalue weighted by molar-refractivity contribution is 1.11. The Morgan fingerprint density at radius 1 is 0.882 bits per heavy atom. The van der Waals surface area contributed by atoms with Crippen molar-refractivity contribution >= 4 is 78.5 Å². The van der Waals surface area contributed by atoms with Gasteiger partial charge < -0.3 is 0 Å². The average Bonchev–Trinajstić information content (AvgIpc) is 3.21. The van der Waals surface area contributed by atoms with Crippen LogP contribution in [0.25, 0.3) is 0 Å². The van der Waals surface area contributed by atoms with Crippen LogP contribution in [0.5, 0.6) is 0 Å². The van der Waals surface area contributed by atoms with Gasteiger partial charge in [-0.2, -0.15) is 0 Å². The smallest absolute Gasteiger partial charge is 0.128 e.